The van der Waals surface area contributed by atoms with Gasteiger partial charge in [-0.3, -0.25) is 4.79 Å². The summed E-state index contributed by atoms with van der Waals surface area (Å²) in [6, 6.07) is 9.46. The molecule has 3 rings (SSSR count). The van der Waals surface area contributed by atoms with E-state index in [1.54, 1.807) is 0 Å². The minimum absolute atomic E-state index is 0.0583. The lowest BCUT2D eigenvalue weighted by Crippen LogP contribution is -2.37. The van der Waals surface area contributed by atoms with Crippen LogP contribution in [-0.2, 0) is 14.6 Å². The van der Waals surface area contributed by atoms with E-state index in [1.165, 1.54) is 18.0 Å². The topological polar surface area (TPSA) is 106 Å². The average molecular weight is 462 g/mol. The molecule has 1 aromatic rings. The quantitative estimate of drug-likeness (QED) is 0.510. The van der Waals surface area contributed by atoms with E-state index in [0.29, 0.717) is 11.7 Å². The molecule has 2 fully saturated rings. The van der Waals surface area contributed by atoms with Gasteiger partial charge < -0.3 is 15.1 Å². The van der Waals surface area contributed by atoms with Gasteiger partial charge in [-0.1, -0.05) is 25.6 Å². The monoisotopic (exact) mass is 461 g/mol. The molecule has 31 heavy (non-hydrogen) atoms. The normalized spacial score (nSPS) is 23.7. The minimum Gasteiger partial charge on any atom is -0.378 e. The third-order valence-corrected chi connectivity index (χ3v) is 8.27. The van der Waals surface area contributed by atoms with Crippen molar-refractivity contribution in [3.63, 3.8) is 0 Å². The summed E-state index contributed by atoms with van der Waals surface area (Å²) < 4.78 is 24.4. The van der Waals surface area contributed by atoms with Gasteiger partial charge in [0.15, 0.2) is 15.0 Å². The van der Waals surface area contributed by atoms with Crippen molar-refractivity contribution in [3.05, 3.63) is 36.0 Å². The van der Waals surface area contributed by atoms with Crippen LogP contribution in [0.4, 0.5) is 11.4 Å². The van der Waals surface area contributed by atoms with Gasteiger partial charge in [-0.15, -0.1) is 0 Å². The summed E-state index contributed by atoms with van der Waals surface area (Å²) in [6.45, 7) is 4.41. The Morgan fingerprint density at radius 2 is 2.03 bits per heavy atom. The van der Waals surface area contributed by atoms with Crippen LogP contribution >= 0.6 is 11.8 Å². The highest BCUT2D eigenvalue weighted by Crippen LogP contribution is 2.41. The highest BCUT2D eigenvalue weighted by atomic mass is 32.2. The zero-order valence-corrected chi connectivity index (χ0v) is 19.7. The Kier molecular flexibility index (Phi) is 6.96. The van der Waals surface area contributed by atoms with Crippen LogP contribution in [0.25, 0.3) is 0 Å². The highest BCUT2D eigenvalue weighted by Gasteiger charge is 2.49. The van der Waals surface area contributed by atoms with Crippen LogP contribution in [0.2, 0.25) is 0 Å². The van der Waals surface area contributed by atoms with Crippen LogP contribution in [-0.4, -0.2) is 62.9 Å². The number of hydrogen-bond acceptors (Lipinski definition) is 7. The maximum atomic E-state index is 12.2. The highest BCUT2D eigenvalue weighted by molar-refractivity contribution is 8.16. The van der Waals surface area contributed by atoms with Gasteiger partial charge in [0.2, 0.25) is 0 Å². The molecule has 8 nitrogen and oxygen atoms in total. The number of nitriles is 1. The number of thioether (sulfide) groups is 1. The van der Waals surface area contributed by atoms with Crippen molar-refractivity contribution in [2.45, 2.75) is 25.1 Å². The third kappa shape index (κ3) is 5.40. The Morgan fingerprint density at radius 3 is 2.61 bits per heavy atom. The number of anilines is 2. The summed E-state index contributed by atoms with van der Waals surface area (Å²) in [5.41, 5.74) is 1.78. The molecule has 0 unspecified atom stereocenters. The number of amides is 1. The fraction of sp³-hybridized carbons (Fsp3) is 0.476. The Morgan fingerprint density at radius 1 is 1.35 bits per heavy atom. The van der Waals surface area contributed by atoms with Crippen LogP contribution in [0.15, 0.2) is 41.0 Å². The van der Waals surface area contributed by atoms with E-state index in [2.05, 4.69) is 10.3 Å². The van der Waals surface area contributed by atoms with Crippen molar-refractivity contribution < 1.29 is 13.2 Å². The van der Waals surface area contributed by atoms with Gasteiger partial charge >= 0.3 is 0 Å². The lowest BCUT2D eigenvalue weighted by molar-refractivity contribution is -0.117. The smallest absolute Gasteiger partial charge is 0.263 e. The van der Waals surface area contributed by atoms with Crippen molar-refractivity contribution in [3.8, 4) is 6.07 Å². The second kappa shape index (κ2) is 9.32. The molecule has 2 heterocycles. The predicted molar refractivity (Wildman–Crippen MR) is 126 cm³/mol. The summed E-state index contributed by atoms with van der Waals surface area (Å²) in [5, 5.41) is 12.6. The van der Waals surface area contributed by atoms with E-state index in [-0.39, 0.29) is 34.3 Å². The first-order chi connectivity index (χ1) is 14.6. The molecular formula is C21H27N5O3S2. The standard InChI is InChI=1S/C21H27N5O3S2/c1-14(2)10-23-20(27)15(9-22)11-24-21-26(17-7-5-16(6-8-17)25(3)4)18-12-31(28,29)13-19(18)30-21/h5-8,11,14,18-19H,10,12-13H2,1-4H3,(H,23,27)/b15-11+,24-21?/t18-,19+/m0/s1. The maximum absolute atomic E-state index is 12.2. The molecule has 2 aliphatic heterocycles. The fourth-order valence-electron chi connectivity index (χ4n) is 3.44. The zero-order chi connectivity index (χ0) is 22.8. The summed E-state index contributed by atoms with van der Waals surface area (Å²) in [5.74, 6) is -0.0455. The van der Waals surface area contributed by atoms with Crippen LogP contribution < -0.4 is 15.1 Å². The number of aliphatic imine (C=N–C) groups is 1. The first-order valence-electron chi connectivity index (χ1n) is 10.0. The molecular weight excluding hydrogens is 434 g/mol. The molecule has 10 heteroatoms. The third-order valence-electron chi connectivity index (χ3n) is 5.05. The van der Waals surface area contributed by atoms with Crippen molar-refractivity contribution in [1.82, 2.24) is 5.32 Å². The molecule has 1 N–H and O–H groups in total. The van der Waals surface area contributed by atoms with Crippen molar-refractivity contribution in [2.24, 2.45) is 10.9 Å². The van der Waals surface area contributed by atoms with Gasteiger partial charge in [0.25, 0.3) is 5.91 Å². The number of nitrogens with one attached hydrogen (secondary N) is 1. The summed E-state index contributed by atoms with van der Waals surface area (Å²) in [4.78, 5) is 20.6. The number of rotatable bonds is 6. The van der Waals surface area contributed by atoms with E-state index < -0.39 is 15.7 Å². The van der Waals surface area contributed by atoms with Gasteiger partial charge in [0.1, 0.15) is 11.6 Å². The van der Waals surface area contributed by atoms with E-state index in [4.69, 9.17) is 0 Å². The minimum atomic E-state index is -3.11. The van der Waals surface area contributed by atoms with Gasteiger partial charge in [-0.2, -0.15) is 5.26 Å². The molecule has 2 aliphatic rings. The lowest BCUT2D eigenvalue weighted by atomic mass is 10.2. The van der Waals surface area contributed by atoms with Crippen molar-refractivity contribution in [2.75, 3.05) is 41.9 Å². The Balaban J connectivity index is 1.92. The summed E-state index contributed by atoms with van der Waals surface area (Å²) >= 11 is 1.38. The molecule has 0 bridgehead atoms. The van der Waals surface area contributed by atoms with E-state index in [0.717, 1.165) is 11.4 Å². The van der Waals surface area contributed by atoms with Crippen molar-refractivity contribution in [1.29, 1.82) is 5.26 Å². The predicted octanol–water partition coefficient (Wildman–Crippen LogP) is 2.01. The van der Waals surface area contributed by atoms with Crippen LogP contribution in [0, 0.1) is 17.2 Å². The first-order valence-corrected chi connectivity index (χ1v) is 12.7. The molecule has 166 valence electrons. The number of hydrogen-bond donors (Lipinski definition) is 1. The number of carbonyl (C=O) groups excluding carboxylic acids is 1. The number of sulfone groups is 1. The first kappa shape index (κ1) is 23.2. The maximum Gasteiger partial charge on any atom is 0.263 e. The summed E-state index contributed by atoms with van der Waals surface area (Å²) in [6.07, 6.45) is 1.27. The van der Waals surface area contributed by atoms with Crippen LogP contribution in [0.5, 0.6) is 0 Å². The van der Waals surface area contributed by atoms with Gasteiger partial charge in [-0.25, -0.2) is 13.4 Å². The van der Waals surface area contributed by atoms with E-state index in [9.17, 15) is 18.5 Å². The molecule has 1 amide bonds. The van der Waals surface area contributed by atoms with E-state index >= 15 is 0 Å². The molecule has 0 aliphatic carbocycles. The number of amidine groups is 1. The number of nitrogens with zero attached hydrogens (tertiary/aromatic N) is 4. The zero-order valence-electron chi connectivity index (χ0n) is 18.1. The number of fused-ring (bicyclic) bond motifs is 1. The fourth-order valence-corrected chi connectivity index (χ4v) is 7.33. The molecule has 0 saturated carbocycles. The Hall–Kier alpha value is -2.51. The van der Waals surface area contributed by atoms with Crippen LogP contribution in [0.1, 0.15) is 13.8 Å². The molecule has 2 atom stereocenters. The van der Waals surface area contributed by atoms with Crippen molar-refractivity contribution >= 4 is 44.0 Å². The Labute approximate surface area is 187 Å². The molecule has 0 radical (unpaired) electrons. The van der Waals surface area contributed by atoms with Gasteiger partial charge in [-0.05, 0) is 30.2 Å². The lowest BCUT2D eigenvalue weighted by Gasteiger charge is -2.25. The molecule has 1 aromatic carbocycles. The summed E-state index contributed by atoms with van der Waals surface area (Å²) in [7, 11) is 0.786. The Bertz CT molecular complexity index is 1040. The van der Waals surface area contributed by atoms with Crippen LogP contribution in [0.3, 0.4) is 0 Å². The molecule has 0 spiro atoms. The second-order valence-corrected chi connectivity index (χ2v) is 11.6. The number of carbonyl (C=O) groups is 1. The average Bonchev–Trinajstić information content (AvgIpc) is 3.17. The van der Waals surface area contributed by atoms with E-state index in [1.807, 2.05) is 68.1 Å². The molecule has 2 saturated heterocycles. The van der Waals surface area contributed by atoms with Gasteiger partial charge in [0.05, 0.1) is 23.7 Å². The number of benzene rings is 1. The molecule has 0 aromatic heterocycles. The SMILES string of the molecule is CC(C)CNC(=O)/C(C#N)=C/N=C1S[C@@H]2CS(=O)(=O)C[C@@H]2N1c1ccc(N(C)C)cc1. The van der Waals surface area contributed by atoms with Gasteiger partial charge in [0, 0.05) is 37.3 Å². The largest absolute Gasteiger partial charge is 0.378 e. The second-order valence-electron chi connectivity index (χ2n) is 8.25.